The Bertz CT molecular complexity index is 954. The summed E-state index contributed by atoms with van der Waals surface area (Å²) >= 11 is 0. The third-order valence-electron chi connectivity index (χ3n) is 3.82. The number of carbonyl (C=O) groups is 3. The molecule has 1 heterocycles. The number of benzene rings is 2. The molecule has 138 valence electrons. The molecule has 9 heteroatoms. The van der Waals surface area contributed by atoms with Crippen molar-refractivity contribution in [2.45, 2.75) is 6.92 Å². The zero-order valence-corrected chi connectivity index (χ0v) is 14.2. The summed E-state index contributed by atoms with van der Waals surface area (Å²) in [5, 5.41) is 10.8. The predicted molar refractivity (Wildman–Crippen MR) is 91.7 cm³/mol. The monoisotopic (exact) mass is 370 g/mol. The van der Waals surface area contributed by atoms with Crippen molar-refractivity contribution in [3.05, 3.63) is 63.7 Å². The van der Waals surface area contributed by atoms with E-state index in [0.717, 1.165) is 11.0 Å². The summed E-state index contributed by atoms with van der Waals surface area (Å²) in [6.45, 7) is 1.26. The SMILES string of the molecule is CC(=O)Oc1cccc(OCCN2C(=O)c3ccc([N+](=O)[O-])cc3C2=O)c1. The summed E-state index contributed by atoms with van der Waals surface area (Å²) in [5.41, 5.74) is -0.121. The quantitative estimate of drug-likeness (QED) is 0.252. The Morgan fingerprint density at radius 1 is 1.07 bits per heavy atom. The van der Waals surface area contributed by atoms with E-state index in [1.54, 1.807) is 18.2 Å². The molecular weight excluding hydrogens is 356 g/mol. The lowest BCUT2D eigenvalue weighted by atomic mass is 10.1. The number of rotatable bonds is 6. The van der Waals surface area contributed by atoms with Gasteiger partial charge in [-0.1, -0.05) is 6.07 Å². The van der Waals surface area contributed by atoms with E-state index in [9.17, 15) is 24.5 Å². The van der Waals surface area contributed by atoms with Crippen LogP contribution in [0.2, 0.25) is 0 Å². The zero-order chi connectivity index (χ0) is 19.6. The highest BCUT2D eigenvalue weighted by Crippen LogP contribution is 2.27. The van der Waals surface area contributed by atoms with Crippen molar-refractivity contribution in [2.75, 3.05) is 13.2 Å². The number of ether oxygens (including phenoxy) is 2. The Hall–Kier alpha value is -3.75. The molecule has 0 radical (unpaired) electrons. The first kappa shape index (κ1) is 18.1. The van der Waals surface area contributed by atoms with Crippen LogP contribution in [0.1, 0.15) is 27.6 Å². The highest BCUT2D eigenvalue weighted by atomic mass is 16.6. The maximum absolute atomic E-state index is 12.4. The molecule has 0 N–H and O–H groups in total. The van der Waals surface area contributed by atoms with Crippen LogP contribution in [0.25, 0.3) is 0 Å². The summed E-state index contributed by atoms with van der Waals surface area (Å²) in [5.74, 6) is -0.876. The Balaban J connectivity index is 1.65. The van der Waals surface area contributed by atoms with Crippen molar-refractivity contribution in [1.82, 2.24) is 4.90 Å². The Labute approximate surface area is 153 Å². The molecular formula is C18H14N2O7. The van der Waals surface area contributed by atoms with Gasteiger partial charge in [0.05, 0.1) is 22.6 Å². The van der Waals surface area contributed by atoms with Gasteiger partial charge in [-0.3, -0.25) is 29.4 Å². The van der Waals surface area contributed by atoms with E-state index in [1.807, 2.05) is 0 Å². The Morgan fingerprint density at radius 3 is 2.48 bits per heavy atom. The van der Waals surface area contributed by atoms with Crippen LogP contribution in [0.3, 0.4) is 0 Å². The minimum absolute atomic E-state index is 0.00561. The first-order valence-electron chi connectivity index (χ1n) is 7.93. The van der Waals surface area contributed by atoms with Gasteiger partial charge in [0, 0.05) is 25.1 Å². The molecule has 0 aliphatic carbocycles. The van der Waals surface area contributed by atoms with E-state index in [2.05, 4.69) is 0 Å². The molecule has 27 heavy (non-hydrogen) atoms. The van der Waals surface area contributed by atoms with Crippen molar-refractivity contribution >= 4 is 23.5 Å². The predicted octanol–water partition coefficient (Wildman–Crippen LogP) is 2.20. The van der Waals surface area contributed by atoms with Crippen LogP contribution in [0.15, 0.2) is 42.5 Å². The number of non-ortho nitro benzene ring substituents is 1. The number of imide groups is 1. The number of carbonyl (C=O) groups excluding carboxylic acids is 3. The van der Waals surface area contributed by atoms with E-state index >= 15 is 0 Å². The van der Waals surface area contributed by atoms with Gasteiger partial charge in [0.25, 0.3) is 17.5 Å². The van der Waals surface area contributed by atoms with Gasteiger partial charge in [0.2, 0.25) is 0 Å². The molecule has 2 aromatic carbocycles. The van der Waals surface area contributed by atoms with Gasteiger partial charge in [-0.15, -0.1) is 0 Å². The number of fused-ring (bicyclic) bond motifs is 1. The number of nitrogens with zero attached hydrogens (tertiary/aromatic N) is 2. The molecule has 0 spiro atoms. The molecule has 0 aromatic heterocycles. The van der Waals surface area contributed by atoms with Gasteiger partial charge in [-0.25, -0.2) is 0 Å². The minimum Gasteiger partial charge on any atom is -0.492 e. The fraction of sp³-hybridized carbons (Fsp3) is 0.167. The topological polar surface area (TPSA) is 116 Å². The smallest absolute Gasteiger partial charge is 0.308 e. The summed E-state index contributed by atoms with van der Waals surface area (Å²) in [4.78, 5) is 46.9. The lowest BCUT2D eigenvalue weighted by Crippen LogP contribution is -2.33. The number of amides is 2. The first-order valence-corrected chi connectivity index (χ1v) is 7.93. The second-order valence-electron chi connectivity index (χ2n) is 5.67. The highest BCUT2D eigenvalue weighted by Gasteiger charge is 2.36. The largest absolute Gasteiger partial charge is 0.492 e. The number of hydrogen-bond acceptors (Lipinski definition) is 7. The number of nitro benzene ring substituents is 1. The highest BCUT2D eigenvalue weighted by molar-refractivity contribution is 6.21. The van der Waals surface area contributed by atoms with Crippen molar-refractivity contribution in [3.63, 3.8) is 0 Å². The fourth-order valence-electron chi connectivity index (χ4n) is 2.64. The number of hydrogen-bond donors (Lipinski definition) is 0. The molecule has 1 aliphatic rings. The van der Waals surface area contributed by atoms with Gasteiger partial charge in [-0.05, 0) is 18.2 Å². The molecule has 2 aromatic rings. The van der Waals surface area contributed by atoms with E-state index in [1.165, 1.54) is 25.1 Å². The number of esters is 1. The van der Waals surface area contributed by atoms with Crippen molar-refractivity contribution < 1.29 is 28.8 Å². The average Bonchev–Trinajstić information content (AvgIpc) is 2.86. The van der Waals surface area contributed by atoms with Gasteiger partial charge in [-0.2, -0.15) is 0 Å². The van der Waals surface area contributed by atoms with Crippen LogP contribution in [0, 0.1) is 10.1 Å². The van der Waals surface area contributed by atoms with Crippen molar-refractivity contribution in [2.24, 2.45) is 0 Å². The third-order valence-corrected chi connectivity index (χ3v) is 3.82. The van der Waals surface area contributed by atoms with Gasteiger partial charge in [0.1, 0.15) is 18.1 Å². The van der Waals surface area contributed by atoms with Gasteiger partial charge in [0.15, 0.2) is 0 Å². The summed E-state index contributed by atoms with van der Waals surface area (Å²) in [7, 11) is 0. The fourth-order valence-corrected chi connectivity index (χ4v) is 2.64. The molecule has 1 aliphatic heterocycles. The summed E-state index contributed by atoms with van der Waals surface area (Å²) in [6, 6.07) is 9.92. The molecule has 0 unspecified atom stereocenters. The zero-order valence-electron chi connectivity index (χ0n) is 14.2. The lowest BCUT2D eigenvalue weighted by molar-refractivity contribution is -0.384. The third kappa shape index (κ3) is 3.76. The van der Waals surface area contributed by atoms with E-state index in [4.69, 9.17) is 9.47 Å². The van der Waals surface area contributed by atoms with E-state index in [-0.39, 0.29) is 30.0 Å². The summed E-state index contributed by atoms with van der Waals surface area (Å²) in [6.07, 6.45) is 0. The standard InChI is InChI=1S/C18H14N2O7/c1-11(21)27-14-4-2-3-13(10-14)26-8-7-19-17(22)15-6-5-12(20(24)25)9-16(15)18(19)23/h2-6,9-10H,7-8H2,1H3. The van der Waals surface area contributed by atoms with Crippen molar-refractivity contribution in [1.29, 1.82) is 0 Å². The van der Waals surface area contributed by atoms with Gasteiger partial charge < -0.3 is 9.47 Å². The average molecular weight is 370 g/mol. The van der Waals surface area contributed by atoms with Crippen LogP contribution in [0.4, 0.5) is 5.69 Å². The van der Waals surface area contributed by atoms with Crippen LogP contribution < -0.4 is 9.47 Å². The maximum atomic E-state index is 12.4. The molecule has 0 fully saturated rings. The second kappa shape index (κ2) is 7.24. The molecule has 0 atom stereocenters. The Morgan fingerprint density at radius 2 is 1.78 bits per heavy atom. The lowest BCUT2D eigenvalue weighted by Gasteiger charge is -2.14. The van der Waals surface area contributed by atoms with Crippen LogP contribution in [-0.2, 0) is 4.79 Å². The van der Waals surface area contributed by atoms with Crippen molar-refractivity contribution in [3.8, 4) is 11.5 Å². The van der Waals surface area contributed by atoms with Gasteiger partial charge >= 0.3 is 5.97 Å². The molecule has 0 bridgehead atoms. The first-order chi connectivity index (χ1) is 12.9. The maximum Gasteiger partial charge on any atom is 0.308 e. The van der Waals surface area contributed by atoms with E-state index in [0.29, 0.717) is 11.5 Å². The van der Waals surface area contributed by atoms with Crippen LogP contribution >= 0.6 is 0 Å². The molecule has 9 nitrogen and oxygen atoms in total. The Kier molecular flexibility index (Phi) is 4.84. The van der Waals surface area contributed by atoms with E-state index < -0.39 is 22.7 Å². The molecule has 2 amide bonds. The second-order valence-corrected chi connectivity index (χ2v) is 5.67. The summed E-state index contributed by atoms with van der Waals surface area (Å²) < 4.78 is 10.5. The normalized spacial score (nSPS) is 12.7. The molecule has 0 saturated carbocycles. The number of nitro groups is 1. The molecule has 3 rings (SSSR count). The van der Waals surface area contributed by atoms with Crippen LogP contribution in [-0.4, -0.2) is 40.8 Å². The van der Waals surface area contributed by atoms with Crippen LogP contribution in [0.5, 0.6) is 11.5 Å². The minimum atomic E-state index is -0.625. The molecule has 0 saturated heterocycles.